The Labute approximate surface area is 124 Å². The third-order valence-corrected chi connectivity index (χ3v) is 4.82. The number of aromatic nitrogens is 2. The first-order chi connectivity index (χ1) is 10.1. The minimum atomic E-state index is 1.31. The molecule has 0 saturated carbocycles. The van der Waals surface area contributed by atoms with Crippen LogP contribution in [0.25, 0.3) is 27.2 Å². The third-order valence-electron chi connectivity index (χ3n) is 4.82. The van der Waals surface area contributed by atoms with Gasteiger partial charge in [0, 0.05) is 16.5 Å². The maximum Gasteiger partial charge on any atom is 0.249 e. The van der Waals surface area contributed by atoms with Crippen molar-refractivity contribution < 1.29 is 4.52 Å². The lowest BCUT2D eigenvalue weighted by Crippen LogP contribution is -2.33. The lowest BCUT2D eigenvalue weighted by atomic mass is 10.0. The fourth-order valence-electron chi connectivity index (χ4n) is 3.53. The van der Waals surface area contributed by atoms with Crippen molar-refractivity contribution in [1.29, 1.82) is 0 Å². The van der Waals surface area contributed by atoms with Gasteiger partial charge in [0.25, 0.3) is 0 Å². The standard InChI is InChI=1S/C19H19N2/c1-12-8-7-11-16-15-9-5-6-10-17(15)19-13(2)14(3)20(4)21(19)18(12)16/h5-11H,1-4H3/q+1. The number of fused-ring (bicyclic) bond motifs is 6. The normalized spacial score (nSPS) is 11.8. The molecule has 2 aromatic heterocycles. The molecule has 0 fully saturated rings. The molecule has 0 unspecified atom stereocenters. The van der Waals surface area contributed by atoms with E-state index in [9.17, 15) is 0 Å². The second-order valence-corrected chi connectivity index (χ2v) is 5.91. The van der Waals surface area contributed by atoms with Gasteiger partial charge < -0.3 is 0 Å². The molecule has 0 bridgehead atoms. The Balaban J connectivity index is 2.52. The van der Waals surface area contributed by atoms with Crippen LogP contribution in [-0.2, 0) is 7.05 Å². The summed E-state index contributed by atoms with van der Waals surface area (Å²) in [6, 6.07) is 15.3. The molecular formula is C19H19N2+. The highest BCUT2D eigenvalue weighted by Crippen LogP contribution is 2.30. The Bertz CT molecular complexity index is 1020. The first-order valence-corrected chi connectivity index (χ1v) is 7.39. The number of aryl methyl sites for hydroxylation is 3. The van der Waals surface area contributed by atoms with Crippen molar-refractivity contribution >= 4 is 27.2 Å². The van der Waals surface area contributed by atoms with Crippen molar-refractivity contribution in [3.63, 3.8) is 0 Å². The van der Waals surface area contributed by atoms with Crippen molar-refractivity contribution in [2.24, 2.45) is 7.05 Å². The maximum atomic E-state index is 2.37. The molecule has 0 amide bonds. The van der Waals surface area contributed by atoms with E-state index in [-0.39, 0.29) is 0 Å². The van der Waals surface area contributed by atoms with Crippen LogP contribution in [0, 0.1) is 20.8 Å². The Morgan fingerprint density at radius 3 is 2.14 bits per heavy atom. The van der Waals surface area contributed by atoms with Gasteiger partial charge in [0.1, 0.15) is 0 Å². The molecule has 0 radical (unpaired) electrons. The average Bonchev–Trinajstić information content (AvgIpc) is 2.73. The highest BCUT2D eigenvalue weighted by Gasteiger charge is 2.25. The van der Waals surface area contributed by atoms with Gasteiger partial charge in [-0.05, 0) is 32.9 Å². The van der Waals surface area contributed by atoms with E-state index >= 15 is 0 Å². The number of rotatable bonds is 0. The van der Waals surface area contributed by atoms with E-state index in [0.29, 0.717) is 0 Å². The summed E-state index contributed by atoms with van der Waals surface area (Å²) in [5.74, 6) is 0. The van der Waals surface area contributed by atoms with Crippen LogP contribution in [0.3, 0.4) is 0 Å². The molecule has 0 saturated heterocycles. The smallest absolute Gasteiger partial charge is 0.154 e. The largest absolute Gasteiger partial charge is 0.249 e. The topological polar surface area (TPSA) is 9.03 Å². The summed E-state index contributed by atoms with van der Waals surface area (Å²) in [5, 5.41) is 3.99. The van der Waals surface area contributed by atoms with Crippen LogP contribution in [0.15, 0.2) is 42.5 Å². The van der Waals surface area contributed by atoms with E-state index in [1.165, 1.54) is 44.0 Å². The van der Waals surface area contributed by atoms with Gasteiger partial charge in [-0.25, -0.2) is 0 Å². The van der Waals surface area contributed by atoms with Gasteiger partial charge in [0.05, 0.1) is 23.5 Å². The summed E-state index contributed by atoms with van der Waals surface area (Å²) < 4.78 is 4.64. The van der Waals surface area contributed by atoms with Gasteiger partial charge in [0.2, 0.25) is 11.0 Å². The Morgan fingerprint density at radius 1 is 0.762 bits per heavy atom. The molecule has 2 heterocycles. The molecule has 104 valence electrons. The number of hydrogen-bond donors (Lipinski definition) is 0. The van der Waals surface area contributed by atoms with Gasteiger partial charge in [-0.15, -0.1) is 0 Å². The number of pyridine rings is 1. The summed E-state index contributed by atoms with van der Waals surface area (Å²) in [6.45, 7) is 6.61. The Kier molecular flexibility index (Phi) is 2.41. The van der Waals surface area contributed by atoms with E-state index in [2.05, 4.69) is 79.5 Å². The molecule has 4 aromatic rings. The van der Waals surface area contributed by atoms with Crippen LogP contribution in [0.2, 0.25) is 0 Å². The zero-order chi connectivity index (χ0) is 14.7. The predicted molar refractivity (Wildman–Crippen MR) is 87.8 cm³/mol. The third kappa shape index (κ3) is 1.45. The number of hydrogen-bond acceptors (Lipinski definition) is 0. The second kappa shape index (κ2) is 4.08. The first-order valence-electron chi connectivity index (χ1n) is 7.39. The van der Waals surface area contributed by atoms with Crippen LogP contribution in [0.5, 0.6) is 0 Å². The summed E-state index contributed by atoms with van der Waals surface area (Å²) >= 11 is 0. The molecule has 0 aliphatic heterocycles. The van der Waals surface area contributed by atoms with E-state index in [1.54, 1.807) is 0 Å². The lowest BCUT2D eigenvalue weighted by molar-refractivity contribution is -0.580. The Hall–Kier alpha value is -2.35. The van der Waals surface area contributed by atoms with Crippen molar-refractivity contribution in [2.75, 3.05) is 0 Å². The molecule has 0 spiro atoms. The molecule has 2 aromatic carbocycles. The molecule has 0 atom stereocenters. The monoisotopic (exact) mass is 275 g/mol. The molecular weight excluding hydrogens is 256 g/mol. The fraction of sp³-hybridized carbons (Fsp3) is 0.211. The molecule has 0 aliphatic rings. The van der Waals surface area contributed by atoms with Crippen LogP contribution < -0.4 is 4.52 Å². The van der Waals surface area contributed by atoms with E-state index in [0.717, 1.165) is 0 Å². The van der Waals surface area contributed by atoms with Crippen LogP contribution in [0.1, 0.15) is 16.8 Å². The van der Waals surface area contributed by atoms with E-state index in [4.69, 9.17) is 0 Å². The highest BCUT2D eigenvalue weighted by atomic mass is 15.3. The Morgan fingerprint density at radius 2 is 1.38 bits per heavy atom. The van der Waals surface area contributed by atoms with Crippen molar-refractivity contribution in [2.45, 2.75) is 20.8 Å². The predicted octanol–water partition coefficient (Wildman–Crippen LogP) is 4.00. The fourth-order valence-corrected chi connectivity index (χ4v) is 3.53. The minimum Gasteiger partial charge on any atom is -0.154 e. The van der Waals surface area contributed by atoms with Crippen molar-refractivity contribution in [3.05, 3.63) is 59.3 Å². The van der Waals surface area contributed by atoms with Gasteiger partial charge in [0.15, 0.2) is 0 Å². The average molecular weight is 275 g/mol. The molecule has 0 N–H and O–H groups in total. The highest BCUT2D eigenvalue weighted by molar-refractivity contribution is 6.10. The molecule has 21 heavy (non-hydrogen) atoms. The summed E-state index contributed by atoms with van der Waals surface area (Å²) in [5.41, 5.74) is 6.63. The molecule has 2 heteroatoms. The van der Waals surface area contributed by atoms with Crippen molar-refractivity contribution in [1.82, 2.24) is 4.68 Å². The second-order valence-electron chi connectivity index (χ2n) is 5.91. The van der Waals surface area contributed by atoms with Gasteiger partial charge in [-0.2, -0.15) is 4.68 Å². The van der Waals surface area contributed by atoms with E-state index in [1.807, 2.05) is 0 Å². The SMILES string of the molecule is Cc1cccc2c3ccccc3c3c(C)c(C)n(C)[n+]3c12. The summed E-state index contributed by atoms with van der Waals surface area (Å²) in [7, 11) is 2.15. The number of benzene rings is 2. The lowest BCUT2D eigenvalue weighted by Gasteiger charge is -2.04. The number of para-hydroxylation sites is 1. The summed E-state index contributed by atoms with van der Waals surface area (Å²) in [4.78, 5) is 0. The van der Waals surface area contributed by atoms with Crippen LogP contribution >= 0.6 is 0 Å². The van der Waals surface area contributed by atoms with Gasteiger partial charge in [-0.1, -0.05) is 34.8 Å². The van der Waals surface area contributed by atoms with Crippen molar-refractivity contribution in [3.8, 4) is 0 Å². The first kappa shape index (κ1) is 12.4. The van der Waals surface area contributed by atoms with E-state index < -0.39 is 0 Å². The quantitative estimate of drug-likeness (QED) is 0.339. The molecule has 2 nitrogen and oxygen atoms in total. The number of nitrogens with zero attached hydrogens (tertiary/aromatic N) is 2. The summed E-state index contributed by atoms with van der Waals surface area (Å²) in [6.07, 6.45) is 0. The van der Waals surface area contributed by atoms with Crippen LogP contribution in [0.4, 0.5) is 0 Å². The van der Waals surface area contributed by atoms with Gasteiger partial charge in [-0.3, -0.25) is 0 Å². The molecule has 0 aliphatic carbocycles. The zero-order valence-corrected chi connectivity index (χ0v) is 12.9. The van der Waals surface area contributed by atoms with Crippen LogP contribution in [-0.4, -0.2) is 4.68 Å². The minimum absolute atomic E-state index is 1.31. The van der Waals surface area contributed by atoms with Gasteiger partial charge >= 0.3 is 0 Å². The maximum absolute atomic E-state index is 2.37. The zero-order valence-electron chi connectivity index (χ0n) is 12.9. The molecule has 4 rings (SSSR count).